The van der Waals surface area contributed by atoms with Gasteiger partial charge in [-0.2, -0.15) is 0 Å². The van der Waals surface area contributed by atoms with Crippen LogP contribution in [0.3, 0.4) is 0 Å². The Kier molecular flexibility index (Phi) is 11.7. The standard InChI is InChI=1S/C28H47N3O4/c1-11-12-15-29-25(32)24(22-14-13-20(6)17-21(22)7)31(19(4)5)26(33)23(16-18(2)3)30-27(34)35-28(8,9)10/h13-14,17-19,23-24H,11-12,15-16H2,1-10H3,(H,29,32)(H,30,34). The monoisotopic (exact) mass is 489 g/mol. The van der Waals surface area contributed by atoms with Gasteiger partial charge in [-0.15, -0.1) is 0 Å². The zero-order valence-corrected chi connectivity index (χ0v) is 23.5. The summed E-state index contributed by atoms with van der Waals surface area (Å²) >= 11 is 0. The third-order valence-electron chi connectivity index (χ3n) is 5.58. The van der Waals surface area contributed by atoms with E-state index in [9.17, 15) is 14.4 Å². The topological polar surface area (TPSA) is 87.7 Å². The maximum absolute atomic E-state index is 14.0. The van der Waals surface area contributed by atoms with Crippen LogP contribution in [0.4, 0.5) is 4.79 Å². The molecule has 1 rings (SSSR count). The van der Waals surface area contributed by atoms with Crippen molar-refractivity contribution in [1.82, 2.24) is 15.5 Å². The van der Waals surface area contributed by atoms with Crippen LogP contribution in [-0.2, 0) is 14.3 Å². The van der Waals surface area contributed by atoms with E-state index in [0.717, 1.165) is 29.5 Å². The number of hydrogen-bond acceptors (Lipinski definition) is 4. The van der Waals surface area contributed by atoms with E-state index in [-0.39, 0.29) is 23.8 Å². The predicted octanol–water partition coefficient (Wildman–Crippen LogP) is 5.44. The lowest BCUT2D eigenvalue weighted by molar-refractivity contribution is -0.145. The Bertz CT molecular complexity index is 858. The summed E-state index contributed by atoms with van der Waals surface area (Å²) in [5, 5.41) is 5.80. The van der Waals surface area contributed by atoms with E-state index in [1.807, 2.05) is 59.7 Å². The average Bonchev–Trinajstić information content (AvgIpc) is 2.69. The number of rotatable bonds is 11. The van der Waals surface area contributed by atoms with Crippen molar-refractivity contribution in [3.05, 3.63) is 34.9 Å². The van der Waals surface area contributed by atoms with Gasteiger partial charge in [0.15, 0.2) is 0 Å². The lowest BCUT2D eigenvalue weighted by Crippen LogP contribution is -2.55. The predicted molar refractivity (Wildman–Crippen MR) is 141 cm³/mol. The normalized spacial score (nSPS) is 13.4. The molecule has 2 atom stereocenters. The molecule has 7 heteroatoms. The Morgan fingerprint density at radius 2 is 1.69 bits per heavy atom. The molecular weight excluding hydrogens is 442 g/mol. The van der Waals surface area contributed by atoms with Crippen LogP contribution in [0.1, 0.15) is 97.4 Å². The van der Waals surface area contributed by atoms with E-state index in [4.69, 9.17) is 4.74 Å². The van der Waals surface area contributed by atoms with Crippen LogP contribution in [0.25, 0.3) is 0 Å². The van der Waals surface area contributed by atoms with Gasteiger partial charge >= 0.3 is 6.09 Å². The summed E-state index contributed by atoms with van der Waals surface area (Å²) in [6.07, 6.45) is 1.60. The fraction of sp³-hybridized carbons (Fsp3) is 0.679. The van der Waals surface area contributed by atoms with Crippen molar-refractivity contribution in [2.75, 3.05) is 6.54 Å². The van der Waals surface area contributed by atoms with Crippen LogP contribution >= 0.6 is 0 Å². The zero-order valence-electron chi connectivity index (χ0n) is 23.5. The summed E-state index contributed by atoms with van der Waals surface area (Å²) in [4.78, 5) is 41.8. The SMILES string of the molecule is CCCCNC(=O)C(c1ccc(C)cc1C)N(C(=O)C(CC(C)C)NC(=O)OC(C)(C)C)C(C)C. The summed E-state index contributed by atoms with van der Waals surface area (Å²) in [5.74, 6) is -0.367. The van der Waals surface area contributed by atoms with Crippen molar-refractivity contribution in [3.8, 4) is 0 Å². The molecule has 0 saturated heterocycles. The molecular formula is C28H47N3O4. The molecule has 0 aliphatic rings. The molecule has 2 unspecified atom stereocenters. The number of carbonyl (C=O) groups is 3. The number of benzene rings is 1. The van der Waals surface area contributed by atoms with Crippen LogP contribution in [0.5, 0.6) is 0 Å². The number of nitrogens with one attached hydrogen (secondary N) is 2. The van der Waals surface area contributed by atoms with Crippen LogP contribution in [0.15, 0.2) is 18.2 Å². The maximum atomic E-state index is 14.0. The molecule has 0 bridgehead atoms. The summed E-state index contributed by atoms with van der Waals surface area (Å²) in [6.45, 7) is 19.7. The molecule has 1 aromatic carbocycles. The van der Waals surface area contributed by atoms with E-state index >= 15 is 0 Å². The van der Waals surface area contributed by atoms with Gasteiger partial charge in [0, 0.05) is 12.6 Å². The molecule has 2 N–H and O–H groups in total. The minimum Gasteiger partial charge on any atom is -0.444 e. The minimum atomic E-state index is -0.816. The molecule has 0 fully saturated rings. The fourth-order valence-electron chi connectivity index (χ4n) is 4.04. The first kappa shape index (κ1) is 30.5. The second-order valence-corrected chi connectivity index (χ2v) is 11.1. The van der Waals surface area contributed by atoms with Crippen molar-refractivity contribution >= 4 is 17.9 Å². The fourth-order valence-corrected chi connectivity index (χ4v) is 4.04. The zero-order chi connectivity index (χ0) is 26.9. The second kappa shape index (κ2) is 13.5. The van der Waals surface area contributed by atoms with E-state index in [1.165, 1.54) is 0 Å². The Morgan fingerprint density at radius 3 is 2.17 bits per heavy atom. The second-order valence-electron chi connectivity index (χ2n) is 11.1. The van der Waals surface area contributed by atoms with Gasteiger partial charge in [-0.3, -0.25) is 9.59 Å². The van der Waals surface area contributed by atoms with E-state index < -0.39 is 23.8 Å². The van der Waals surface area contributed by atoms with Gasteiger partial charge in [0.05, 0.1) is 0 Å². The third-order valence-corrected chi connectivity index (χ3v) is 5.58. The number of ether oxygens (including phenoxy) is 1. The molecule has 1 aromatic rings. The smallest absolute Gasteiger partial charge is 0.408 e. The first-order chi connectivity index (χ1) is 16.2. The molecule has 0 aliphatic carbocycles. The molecule has 7 nitrogen and oxygen atoms in total. The summed E-state index contributed by atoms with van der Waals surface area (Å²) in [5.41, 5.74) is 2.13. The molecule has 198 valence electrons. The van der Waals surface area contributed by atoms with Gasteiger partial charge < -0.3 is 20.3 Å². The number of amides is 3. The van der Waals surface area contributed by atoms with Crippen molar-refractivity contribution in [2.24, 2.45) is 5.92 Å². The van der Waals surface area contributed by atoms with E-state index in [0.29, 0.717) is 13.0 Å². The quantitative estimate of drug-likeness (QED) is 0.405. The molecule has 0 radical (unpaired) electrons. The lowest BCUT2D eigenvalue weighted by Gasteiger charge is -2.38. The van der Waals surface area contributed by atoms with Crippen LogP contribution in [0, 0.1) is 19.8 Å². The Balaban J connectivity index is 3.47. The number of alkyl carbamates (subject to hydrolysis) is 1. The van der Waals surface area contributed by atoms with Crippen LogP contribution in [0.2, 0.25) is 0 Å². The summed E-state index contributed by atoms with van der Waals surface area (Å²) < 4.78 is 5.43. The molecule has 0 saturated carbocycles. The molecule has 0 heterocycles. The molecule has 3 amide bonds. The average molecular weight is 490 g/mol. The van der Waals surface area contributed by atoms with Gasteiger partial charge in [0.25, 0.3) is 0 Å². The van der Waals surface area contributed by atoms with Crippen molar-refractivity contribution in [2.45, 2.75) is 112 Å². The highest BCUT2D eigenvalue weighted by Crippen LogP contribution is 2.29. The maximum Gasteiger partial charge on any atom is 0.408 e. The van der Waals surface area contributed by atoms with Gasteiger partial charge in [0.1, 0.15) is 17.7 Å². The highest BCUT2D eigenvalue weighted by molar-refractivity contribution is 5.92. The van der Waals surface area contributed by atoms with Crippen molar-refractivity contribution in [1.29, 1.82) is 0 Å². The van der Waals surface area contributed by atoms with Crippen LogP contribution < -0.4 is 10.6 Å². The van der Waals surface area contributed by atoms with Gasteiger partial charge in [-0.25, -0.2) is 4.79 Å². The number of nitrogens with zero attached hydrogens (tertiary/aromatic N) is 1. The lowest BCUT2D eigenvalue weighted by atomic mass is 9.94. The number of carbonyl (C=O) groups excluding carboxylic acids is 3. The van der Waals surface area contributed by atoms with Gasteiger partial charge in [0.2, 0.25) is 11.8 Å². The number of unbranched alkanes of at least 4 members (excludes halogenated alkanes) is 1. The Labute approximate surface area is 212 Å². The van der Waals surface area contributed by atoms with Gasteiger partial charge in [-0.1, -0.05) is 51.0 Å². The summed E-state index contributed by atoms with van der Waals surface area (Å²) in [7, 11) is 0. The highest BCUT2D eigenvalue weighted by atomic mass is 16.6. The van der Waals surface area contributed by atoms with Crippen molar-refractivity contribution in [3.63, 3.8) is 0 Å². The first-order valence-corrected chi connectivity index (χ1v) is 12.8. The van der Waals surface area contributed by atoms with E-state index in [2.05, 4.69) is 17.6 Å². The highest BCUT2D eigenvalue weighted by Gasteiger charge is 2.38. The number of hydrogen-bond donors (Lipinski definition) is 2. The Morgan fingerprint density at radius 1 is 1.06 bits per heavy atom. The summed E-state index contributed by atoms with van der Waals surface area (Å²) in [6, 6.07) is 4.01. The third kappa shape index (κ3) is 9.90. The van der Waals surface area contributed by atoms with Crippen molar-refractivity contribution < 1.29 is 19.1 Å². The first-order valence-electron chi connectivity index (χ1n) is 12.8. The largest absolute Gasteiger partial charge is 0.444 e. The van der Waals surface area contributed by atoms with Crippen LogP contribution in [-0.4, -0.2) is 47.0 Å². The molecule has 0 spiro atoms. The van der Waals surface area contributed by atoms with Gasteiger partial charge in [-0.05, 0) is 78.4 Å². The van der Waals surface area contributed by atoms with E-state index in [1.54, 1.807) is 25.7 Å². The number of aryl methyl sites for hydroxylation is 2. The Hall–Kier alpha value is -2.57. The minimum absolute atomic E-state index is 0.144. The molecule has 35 heavy (non-hydrogen) atoms. The molecule has 0 aliphatic heterocycles. The molecule has 0 aromatic heterocycles.